The molecule has 2 heterocycles. The van der Waals surface area contributed by atoms with Crippen molar-refractivity contribution < 1.29 is 13.2 Å². The number of aliphatic imine (C=N–C) groups is 1. The zero-order valence-corrected chi connectivity index (χ0v) is 15.5. The number of carbonyl (C=O) groups is 1. The lowest BCUT2D eigenvalue weighted by Gasteiger charge is -2.24. The van der Waals surface area contributed by atoms with Crippen LogP contribution in [0.1, 0.15) is 25.8 Å². The first kappa shape index (κ1) is 17.5. The van der Waals surface area contributed by atoms with E-state index in [-0.39, 0.29) is 34.6 Å². The van der Waals surface area contributed by atoms with Gasteiger partial charge in [0, 0.05) is 17.7 Å². The molecule has 0 aliphatic carbocycles. The maximum atomic E-state index is 12.2. The van der Waals surface area contributed by atoms with E-state index in [9.17, 15) is 13.2 Å². The highest BCUT2D eigenvalue weighted by molar-refractivity contribution is 8.15. The molecular formula is C17H22N2O3S2. The molecule has 0 bridgehead atoms. The van der Waals surface area contributed by atoms with E-state index in [4.69, 9.17) is 0 Å². The molecule has 0 unspecified atom stereocenters. The van der Waals surface area contributed by atoms with Crippen molar-refractivity contribution in [1.29, 1.82) is 0 Å². The predicted molar refractivity (Wildman–Crippen MR) is 97.7 cm³/mol. The Hall–Kier alpha value is -1.34. The van der Waals surface area contributed by atoms with Crippen molar-refractivity contribution in [3.63, 3.8) is 0 Å². The van der Waals surface area contributed by atoms with Crippen LogP contribution >= 0.6 is 11.8 Å². The number of thioether (sulfide) groups is 1. The van der Waals surface area contributed by atoms with E-state index in [0.717, 1.165) is 12.0 Å². The number of nitrogens with zero attached hydrogens (tertiary/aromatic N) is 2. The quantitative estimate of drug-likeness (QED) is 0.818. The van der Waals surface area contributed by atoms with Gasteiger partial charge in [-0.25, -0.2) is 8.42 Å². The Morgan fingerprint density at radius 2 is 2.04 bits per heavy atom. The summed E-state index contributed by atoms with van der Waals surface area (Å²) in [5.74, 6) is 0.0832. The third-order valence-corrected chi connectivity index (χ3v) is 7.86. The normalized spacial score (nSPS) is 28.1. The minimum absolute atomic E-state index is 0.0257. The van der Waals surface area contributed by atoms with Gasteiger partial charge in [0.2, 0.25) is 0 Å². The lowest BCUT2D eigenvalue weighted by molar-refractivity contribution is -0.121. The molecule has 24 heavy (non-hydrogen) atoms. The summed E-state index contributed by atoms with van der Waals surface area (Å²) in [5, 5.41) is 0.649. The summed E-state index contributed by atoms with van der Waals surface area (Å²) in [6, 6.07) is 9.80. The van der Waals surface area contributed by atoms with E-state index >= 15 is 0 Å². The van der Waals surface area contributed by atoms with E-state index in [0.29, 0.717) is 11.7 Å². The van der Waals surface area contributed by atoms with E-state index in [1.54, 1.807) is 0 Å². The third-order valence-electron chi connectivity index (χ3n) is 4.61. The number of hydrogen-bond acceptors (Lipinski definition) is 4. The van der Waals surface area contributed by atoms with Crippen molar-refractivity contribution in [3.05, 3.63) is 35.9 Å². The average Bonchev–Trinajstić information content (AvgIpc) is 3.00. The summed E-state index contributed by atoms with van der Waals surface area (Å²) in [5.41, 5.74) is 1.09. The molecule has 0 radical (unpaired) electrons. The number of rotatable bonds is 4. The highest BCUT2D eigenvalue weighted by Gasteiger charge is 2.48. The summed E-state index contributed by atoms with van der Waals surface area (Å²) in [6.07, 6.45) is 0.750. The Balaban J connectivity index is 1.88. The van der Waals surface area contributed by atoms with Crippen LogP contribution in [-0.2, 0) is 21.2 Å². The van der Waals surface area contributed by atoms with Gasteiger partial charge in [-0.2, -0.15) is 4.99 Å². The molecule has 1 aromatic carbocycles. The Morgan fingerprint density at radius 3 is 2.71 bits per heavy atom. The van der Waals surface area contributed by atoms with Gasteiger partial charge in [-0.1, -0.05) is 55.9 Å². The zero-order chi connectivity index (χ0) is 17.3. The van der Waals surface area contributed by atoms with Gasteiger partial charge in [-0.15, -0.1) is 0 Å². The maximum absolute atomic E-state index is 12.2. The van der Waals surface area contributed by atoms with Crippen LogP contribution in [0.25, 0.3) is 0 Å². The molecule has 3 atom stereocenters. The summed E-state index contributed by atoms with van der Waals surface area (Å²) in [7, 11) is -3.01. The monoisotopic (exact) mass is 366 g/mol. The van der Waals surface area contributed by atoms with Gasteiger partial charge in [-0.05, 0) is 12.0 Å². The molecule has 1 amide bonds. The molecule has 2 fully saturated rings. The number of hydrogen-bond donors (Lipinski definition) is 0. The molecule has 0 spiro atoms. The van der Waals surface area contributed by atoms with Gasteiger partial charge in [0.25, 0.3) is 5.91 Å². The van der Waals surface area contributed by atoms with Crippen molar-refractivity contribution in [2.24, 2.45) is 10.9 Å². The minimum atomic E-state index is -3.01. The van der Waals surface area contributed by atoms with Crippen molar-refractivity contribution in [2.45, 2.75) is 38.1 Å². The molecule has 2 aliphatic rings. The second-order valence-corrected chi connectivity index (χ2v) is 9.82. The number of amidine groups is 1. The van der Waals surface area contributed by atoms with Gasteiger partial charge in [-0.3, -0.25) is 4.79 Å². The van der Waals surface area contributed by atoms with Gasteiger partial charge in [0.1, 0.15) is 0 Å². The second-order valence-electron chi connectivity index (χ2n) is 6.46. The molecule has 1 aromatic rings. The molecule has 3 rings (SSSR count). The predicted octanol–water partition coefficient (Wildman–Crippen LogP) is 2.33. The van der Waals surface area contributed by atoms with Crippen LogP contribution in [0.2, 0.25) is 0 Å². The Bertz CT molecular complexity index is 746. The fourth-order valence-corrected chi connectivity index (χ4v) is 6.94. The maximum Gasteiger partial charge on any atom is 0.250 e. The minimum Gasteiger partial charge on any atom is -0.342 e. The smallest absolute Gasteiger partial charge is 0.250 e. The summed E-state index contributed by atoms with van der Waals surface area (Å²) in [6.45, 7) is 4.42. The van der Waals surface area contributed by atoms with Crippen molar-refractivity contribution in [1.82, 2.24) is 4.90 Å². The average molecular weight is 367 g/mol. The van der Waals surface area contributed by atoms with Gasteiger partial charge >= 0.3 is 0 Å². The molecule has 0 N–H and O–H groups in total. The first-order chi connectivity index (χ1) is 11.4. The summed E-state index contributed by atoms with van der Waals surface area (Å²) in [4.78, 5) is 18.6. The Kier molecular flexibility index (Phi) is 5.01. The summed E-state index contributed by atoms with van der Waals surface area (Å²) < 4.78 is 24.0. The van der Waals surface area contributed by atoms with Crippen LogP contribution in [0, 0.1) is 5.92 Å². The number of carbonyl (C=O) groups excluding carboxylic acids is 1. The molecule has 0 aromatic heterocycles. The van der Waals surface area contributed by atoms with Crippen LogP contribution in [0.5, 0.6) is 0 Å². The molecule has 2 aliphatic heterocycles. The fourth-order valence-electron chi connectivity index (χ4n) is 2.98. The van der Waals surface area contributed by atoms with Gasteiger partial charge in [0.05, 0.1) is 17.5 Å². The van der Waals surface area contributed by atoms with Gasteiger partial charge in [0.15, 0.2) is 15.0 Å². The first-order valence-electron chi connectivity index (χ1n) is 8.20. The molecule has 2 saturated heterocycles. The van der Waals surface area contributed by atoms with Crippen LogP contribution in [-0.4, -0.2) is 47.2 Å². The zero-order valence-electron chi connectivity index (χ0n) is 13.9. The molecule has 130 valence electrons. The standard InChI is InChI=1S/C17H22N2O3S2/c1-3-12(2)16(20)18-17-19(9-13-7-5-4-6-8-13)14-10-24(21,22)11-15(14)23-17/h4-8,12,14-15H,3,9-11H2,1-2H3/t12-,14-,15-/m0/s1. The van der Waals surface area contributed by atoms with Gasteiger partial charge < -0.3 is 4.90 Å². The van der Waals surface area contributed by atoms with Crippen LogP contribution in [0.4, 0.5) is 0 Å². The topological polar surface area (TPSA) is 66.8 Å². The SMILES string of the molecule is CC[C@H](C)C(=O)N=C1S[C@H]2CS(=O)(=O)C[C@@H]2N1Cc1ccccc1. The van der Waals surface area contributed by atoms with Crippen LogP contribution in [0.3, 0.4) is 0 Å². The van der Waals surface area contributed by atoms with Crippen molar-refractivity contribution in [2.75, 3.05) is 11.5 Å². The van der Waals surface area contributed by atoms with E-state index < -0.39 is 9.84 Å². The van der Waals surface area contributed by atoms with E-state index in [1.165, 1.54) is 11.8 Å². The highest BCUT2D eigenvalue weighted by atomic mass is 32.2. The van der Waals surface area contributed by atoms with Crippen LogP contribution < -0.4 is 0 Å². The van der Waals surface area contributed by atoms with E-state index in [1.807, 2.05) is 49.1 Å². The molecule has 7 heteroatoms. The van der Waals surface area contributed by atoms with E-state index in [2.05, 4.69) is 4.99 Å². The molecule has 0 saturated carbocycles. The van der Waals surface area contributed by atoms with Crippen molar-refractivity contribution in [3.8, 4) is 0 Å². The lowest BCUT2D eigenvalue weighted by atomic mass is 10.1. The second kappa shape index (κ2) is 6.88. The molecular weight excluding hydrogens is 344 g/mol. The van der Waals surface area contributed by atoms with Crippen molar-refractivity contribution >= 4 is 32.7 Å². The highest BCUT2D eigenvalue weighted by Crippen LogP contribution is 2.39. The lowest BCUT2D eigenvalue weighted by Crippen LogP contribution is -2.37. The number of amides is 1. The summed E-state index contributed by atoms with van der Waals surface area (Å²) >= 11 is 1.44. The fraction of sp³-hybridized carbons (Fsp3) is 0.529. The Labute approximate surface area is 147 Å². The Morgan fingerprint density at radius 1 is 1.33 bits per heavy atom. The molecule has 5 nitrogen and oxygen atoms in total. The first-order valence-corrected chi connectivity index (χ1v) is 10.9. The number of benzene rings is 1. The number of fused-ring (bicyclic) bond motifs is 1. The largest absolute Gasteiger partial charge is 0.342 e. The van der Waals surface area contributed by atoms with Crippen LogP contribution in [0.15, 0.2) is 35.3 Å². The third kappa shape index (κ3) is 3.67. The number of sulfone groups is 1.